The maximum absolute atomic E-state index is 12.7. The van der Waals surface area contributed by atoms with E-state index in [-0.39, 0.29) is 5.91 Å². The van der Waals surface area contributed by atoms with E-state index in [9.17, 15) is 4.79 Å². The number of nitrogens with zero attached hydrogens (tertiary/aromatic N) is 3. The molecule has 0 bridgehead atoms. The molecule has 0 atom stereocenters. The zero-order chi connectivity index (χ0) is 17.8. The van der Waals surface area contributed by atoms with Gasteiger partial charge in [-0.15, -0.1) is 12.6 Å². The molecule has 0 N–H and O–H groups in total. The Labute approximate surface area is 153 Å². The molecular weight excluding hydrogens is 330 g/mol. The standard InChI is InChI=1S/C20H21N3OS/c1-3-22(4-2)16-12-10-15(11-13-16)14-18-19(25)21-23(20(18)24)17-8-6-5-7-9-17/h5-14H,3-4H2,1-2H3,(H,21,25)/b18-14-. The van der Waals surface area contributed by atoms with Crippen LogP contribution in [0.1, 0.15) is 19.4 Å². The van der Waals surface area contributed by atoms with Crippen molar-refractivity contribution in [2.24, 2.45) is 5.10 Å². The Hall–Kier alpha value is -2.53. The van der Waals surface area contributed by atoms with E-state index in [0.717, 1.165) is 24.3 Å². The number of benzene rings is 2. The number of carbonyl (C=O) groups excluding carboxylic acids is 1. The number of hydrazone groups is 1. The molecule has 0 radical (unpaired) electrons. The number of hydrogen-bond acceptors (Lipinski definition) is 3. The molecule has 25 heavy (non-hydrogen) atoms. The first kappa shape index (κ1) is 17.3. The summed E-state index contributed by atoms with van der Waals surface area (Å²) in [5.41, 5.74) is 3.37. The fourth-order valence-corrected chi connectivity index (χ4v) is 3.06. The Morgan fingerprint density at radius 3 is 2.28 bits per heavy atom. The minimum absolute atomic E-state index is 0.163. The Morgan fingerprint density at radius 2 is 1.68 bits per heavy atom. The Kier molecular flexibility index (Phi) is 5.24. The van der Waals surface area contributed by atoms with Crippen molar-refractivity contribution in [1.29, 1.82) is 0 Å². The van der Waals surface area contributed by atoms with Crippen molar-refractivity contribution in [3.63, 3.8) is 0 Å². The fraction of sp³-hybridized carbons (Fsp3) is 0.200. The van der Waals surface area contributed by atoms with Gasteiger partial charge in [-0.3, -0.25) is 4.79 Å². The van der Waals surface area contributed by atoms with Gasteiger partial charge in [-0.05, 0) is 49.8 Å². The average molecular weight is 351 g/mol. The molecule has 4 nitrogen and oxygen atoms in total. The van der Waals surface area contributed by atoms with Crippen LogP contribution in [0, 0.1) is 0 Å². The van der Waals surface area contributed by atoms with E-state index in [1.54, 1.807) is 0 Å². The van der Waals surface area contributed by atoms with Crippen LogP contribution in [0.15, 0.2) is 65.3 Å². The second kappa shape index (κ2) is 7.57. The van der Waals surface area contributed by atoms with Crippen LogP contribution in [0.5, 0.6) is 0 Å². The minimum Gasteiger partial charge on any atom is -0.372 e. The molecule has 1 heterocycles. The van der Waals surface area contributed by atoms with E-state index in [1.165, 1.54) is 10.7 Å². The SMILES string of the molecule is CCN(CC)c1ccc(/C=C2\C(=O)N(c3ccccc3)N=C2S)cc1. The molecule has 0 aromatic heterocycles. The van der Waals surface area contributed by atoms with Crippen LogP contribution in [0.25, 0.3) is 6.08 Å². The highest BCUT2D eigenvalue weighted by Crippen LogP contribution is 2.26. The van der Waals surface area contributed by atoms with Crippen LogP contribution >= 0.6 is 12.6 Å². The third kappa shape index (κ3) is 3.61. The summed E-state index contributed by atoms with van der Waals surface area (Å²) in [5, 5.41) is 6.10. The van der Waals surface area contributed by atoms with Crippen LogP contribution < -0.4 is 9.91 Å². The van der Waals surface area contributed by atoms with Crippen LogP contribution in [0.2, 0.25) is 0 Å². The predicted molar refractivity (Wildman–Crippen MR) is 108 cm³/mol. The summed E-state index contributed by atoms with van der Waals surface area (Å²) < 4.78 is 0. The number of para-hydroxylation sites is 1. The summed E-state index contributed by atoms with van der Waals surface area (Å²) in [5.74, 6) is -0.163. The molecule has 0 saturated carbocycles. The van der Waals surface area contributed by atoms with Crippen molar-refractivity contribution >= 4 is 41.0 Å². The van der Waals surface area contributed by atoms with Gasteiger partial charge in [0.25, 0.3) is 5.91 Å². The molecule has 2 aromatic carbocycles. The van der Waals surface area contributed by atoms with Gasteiger partial charge in [0, 0.05) is 18.8 Å². The number of rotatable bonds is 5. The maximum atomic E-state index is 12.7. The smallest absolute Gasteiger partial charge is 0.281 e. The van der Waals surface area contributed by atoms with Gasteiger partial charge in [-0.25, -0.2) is 0 Å². The van der Waals surface area contributed by atoms with Crippen LogP contribution in [0.3, 0.4) is 0 Å². The summed E-state index contributed by atoms with van der Waals surface area (Å²) in [4.78, 5) is 15.0. The molecule has 2 aromatic rings. The molecule has 0 saturated heterocycles. The van der Waals surface area contributed by atoms with E-state index in [4.69, 9.17) is 0 Å². The highest BCUT2D eigenvalue weighted by atomic mass is 32.1. The molecule has 1 aliphatic heterocycles. The minimum atomic E-state index is -0.163. The number of hydrogen-bond donors (Lipinski definition) is 1. The first-order valence-corrected chi connectivity index (χ1v) is 8.83. The largest absolute Gasteiger partial charge is 0.372 e. The van der Waals surface area contributed by atoms with Gasteiger partial charge >= 0.3 is 0 Å². The molecule has 128 valence electrons. The van der Waals surface area contributed by atoms with Crippen molar-refractivity contribution in [2.75, 3.05) is 23.0 Å². The second-order valence-electron chi connectivity index (χ2n) is 5.70. The van der Waals surface area contributed by atoms with Gasteiger partial charge in [-0.1, -0.05) is 30.3 Å². The summed E-state index contributed by atoms with van der Waals surface area (Å²) in [6.45, 7) is 6.21. The van der Waals surface area contributed by atoms with Crippen molar-refractivity contribution in [1.82, 2.24) is 0 Å². The zero-order valence-corrected chi connectivity index (χ0v) is 15.3. The summed E-state index contributed by atoms with van der Waals surface area (Å²) >= 11 is 4.38. The van der Waals surface area contributed by atoms with Crippen molar-refractivity contribution < 1.29 is 4.79 Å². The van der Waals surface area contributed by atoms with E-state index >= 15 is 0 Å². The molecule has 0 aliphatic carbocycles. The van der Waals surface area contributed by atoms with Crippen molar-refractivity contribution in [2.45, 2.75) is 13.8 Å². The Bertz CT molecular complexity index is 809. The van der Waals surface area contributed by atoms with Gasteiger partial charge in [0.05, 0.1) is 11.3 Å². The summed E-state index contributed by atoms with van der Waals surface area (Å²) in [7, 11) is 0. The molecule has 1 aliphatic rings. The van der Waals surface area contributed by atoms with Gasteiger partial charge in [0.1, 0.15) is 5.04 Å². The number of thiol groups is 1. The van der Waals surface area contributed by atoms with Crippen LogP contribution in [-0.4, -0.2) is 24.0 Å². The quantitative estimate of drug-likeness (QED) is 0.647. The topological polar surface area (TPSA) is 35.9 Å². The lowest BCUT2D eigenvalue weighted by atomic mass is 10.1. The average Bonchev–Trinajstić information content (AvgIpc) is 2.93. The normalized spacial score (nSPS) is 15.6. The van der Waals surface area contributed by atoms with Gasteiger partial charge in [0.15, 0.2) is 0 Å². The zero-order valence-electron chi connectivity index (χ0n) is 14.4. The number of amides is 1. The summed E-state index contributed by atoms with van der Waals surface area (Å²) in [6.07, 6.45) is 1.84. The molecule has 0 spiro atoms. The van der Waals surface area contributed by atoms with Gasteiger partial charge in [-0.2, -0.15) is 10.1 Å². The van der Waals surface area contributed by atoms with Gasteiger partial charge in [0.2, 0.25) is 0 Å². The predicted octanol–water partition coefficient (Wildman–Crippen LogP) is 4.21. The van der Waals surface area contributed by atoms with E-state index in [2.05, 4.69) is 48.6 Å². The lowest BCUT2D eigenvalue weighted by Gasteiger charge is -2.20. The lowest BCUT2D eigenvalue weighted by Crippen LogP contribution is -2.21. The maximum Gasteiger partial charge on any atom is 0.281 e. The molecular formula is C20H21N3OS. The van der Waals surface area contributed by atoms with Crippen LogP contribution in [0.4, 0.5) is 11.4 Å². The van der Waals surface area contributed by atoms with E-state index in [0.29, 0.717) is 10.6 Å². The van der Waals surface area contributed by atoms with E-state index < -0.39 is 0 Å². The van der Waals surface area contributed by atoms with Crippen molar-refractivity contribution in [3.8, 4) is 0 Å². The Morgan fingerprint density at radius 1 is 1.04 bits per heavy atom. The molecule has 0 unspecified atom stereocenters. The first-order valence-electron chi connectivity index (χ1n) is 8.38. The van der Waals surface area contributed by atoms with E-state index in [1.807, 2.05) is 48.5 Å². The molecule has 3 rings (SSSR count). The monoisotopic (exact) mass is 351 g/mol. The Balaban J connectivity index is 1.84. The molecule has 5 heteroatoms. The van der Waals surface area contributed by atoms with Crippen LogP contribution in [-0.2, 0) is 4.79 Å². The van der Waals surface area contributed by atoms with Gasteiger partial charge < -0.3 is 4.90 Å². The third-order valence-corrected chi connectivity index (χ3v) is 4.52. The highest BCUT2D eigenvalue weighted by molar-refractivity contribution is 7.97. The molecule has 1 amide bonds. The first-order chi connectivity index (χ1) is 12.1. The third-order valence-electron chi connectivity index (χ3n) is 4.19. The highest BCUT2D eigenvalue weighted by Gasteiger charge is 2.29. The summed E-state index contributed by atoms with van der Waals surface area (Å²) in [6, 6.07) is 17.5. The molecule has 0 fully saturated rings. The number of carbonyl (C=O) groups is 1. The second-order valence-corrected chi connectivity index (χ2v) is 6.12. The van der Waals surface area contributed by atoms with Crippen molar-refractivity contribution in [3.05, 3.63) is 65.7 Å². The number of anilines is 2. The fourth-order valence-electron chi connectivity index (χ4n) is 2.81. The lowest BCUT2D eigenvalue weighted by molar-refractivity contribution is -0.114.